The Morgan fingerprint density at radius 3 is 2.33 bits per heavy atom. The van der Waals surface area contributed by atoms with E-state index < -0.39 is 45.1 Å². The number of alkyl carbamates (subject to hydrolysis) is 1. The first-order valence-corrected chi connectivity index (χ1v) is 15.0. The third kappa shape index (κ3) is 7.46. The maximum absolute atomic E-state index is 13.9. The van der Waals surface area contributed by atoms with E-state index in [4.69, 9.17) is 14.2 Å². The van der Waals surface area contributed by atoms with Gasteiger partial charge >= 0.3 is 12.1 Å². The Labute approximate surface area is 245 Å². The fraction of sp³-hybridized carbons (Fsp3) is 0.355. The molecule has 3 aromatic rings. The van der Waals surface area contributed by atoms with Crippen LogP contribution in [0.4, 0.5) is 9.18 Å². The van der Waals surface area contributed by atoms with Crippen molar-refractivity contribution in [1.82, 2.24) is 9.62 Å². The summed E-state index contributed by atoms with van der Waals surface area (Å²) in [6.07, 6.45) is -0.807. The fourth-order valence-electron chi connectivity index (χ4n) is 4.60. The van der Waals surface area contributed by atoms with E-state index >= 15 is 0 Å². The van der Waals surface area contributed by atoms with Crippen molar-refractivity contribution in [3.63, 3.8) is 0 Å². The summed E-state index contributed by atoms with van der Waals surface area (Å²) in [5.41, 5.74) is -0.524. The number of hydrogen-bond donors (Lipinski definition) is 1. The van der Waals surface area contributed by atoms with Gasteiger partial charge in [0.15, 0.2) is 5.60 Å². The molecular weight excluding hydrogens is 563 g/mol. The number of esters is 1. The van der Waals surface area contributed by atoms with E-state index in [1.807, 2.05) is 30.3 Å². The lowest BCUT2D eigenvalue weighted by atomic mass is 9.87. The zero-order valence-electron chi connectivity index (χ0n) is 24.0. The lowest BCUT2D eigenvalue weighted by Gasteiger charge is -2.48. The van der Waals surface area contributed by atoms with Crippen molar-refractivity contribution in [3.8, 4) is 5.75 Å². The minimum Gasteiger partial charge on any atom is -0.480 e. The van der Waals surface area contributed by atoms with Crippen LogP contribution in [0, 0.1) is 5.82 Å². The number of ether oxygens (including phenoxy) is 3. The molecule has 0 saturated carbocycles. The minimum atomic E-state index is -3.97. The predicted octanol–water partition coefficient (Wildman–Crippen LogP) is 4.80. The molecule has 0 bridgehead atoms. The summed E-state index contributed by atoms with van der Waals surface area (Å²) in [5.74, 6) is -0.833. The highest BCUT2D eigenvalue weighted by atomic mass is 32.2. The van der Waals surface area contributed by atoms with E-state index in [1.165, 1.54) is 34.6 Å². The molecule has 1 aliphatic rings. The molecule has 1 N–H and O–H groups in total. The molecule has 0 aromatic heterocycles. The van der Waals surface area contributed by atoms with Crippen LogP contribution in [-0.2, 0) is 36.3 Å². The fourth-order valence-corrected chi connectivity index (χ4v) is 6.21. The number of amides is 1. The molecule has 1 atom stereocenters. The van der Waals surface area contributed by atoms with E-state index in [2.05, 4.69) is 5.32 Å². The highest BCUT2D eigenvalue weighted by molar-refractivity contribution is 7.89. The van der Waals surface area contributed by atoms with Crippen LogP contribution in [0.2, 0.25) is 0 Å². The Balaban J connectivity index is 1.54. The molecule has 1 aliphatic heterocycles. The molecule has 11 heteroatoms. The molecule has 1 amide bonds. The summed E-state index contributed by atoms with van der Waals surface area (Å²) < 4.78 is 59.1. The maximum Gasteiger partial charge on any atom is 0.408 e. The number of carbonyl (C=O) groups is 2. The van der Waals surface area contributed by atoms with Gasteiger partial charge in [0, 0.05) is 12.5 Å². The Morgan fingerprint density at radius 1 is 1.00 bits per heavy atom. The van der Waals surface area contributed by atoms with Crippen LogP contribution in [0.25, 0.3) is 0 Å². The Hall–Kier alpha value is -3.96. The van der Waals surface area contributed by atoms with Gasteiger partial charge in [-0.25, -0.2) is 22.4 Å². The van der Waals surface area contributed by atoms with Gasteiger partial charge in [-0.2, -0.15) is 4.31 Å². The third-order valence-corrected chi connectivity index (χ3v) is 8.30. The Morgan fingerprint density at radius 2 is 1.69 bits per heavy atom. The monoisotopic (exact) mass is 598 g/mol. The average molecular weight is 599 g/mol. The molecule has 9 nitrogen and oxygen atoms in total. The van der Waals surface area contributed by atoms with Crippen LogP contribution in [0.15, 0.2) is 83.8 Å². The third-order valence-electron chi connectivity index (χ3n) is 6.51. The van der Waals surface area contributed by atoms with Crippen LogP contribution in [-0.4, -0.2) is 56.1 Å². The highest BCUT2D eigenvalue weighted by Crippen LogP contribution is 2.40. The van der Waals surface area contributed by atoms with Gasteiger partial charge in [0.25, 0.3) is 0 Å². The molecule has 4 rings (SSSR count). The molecular formula is C31H35FN2O7S. The van der Waals surface area contributed by atoms with Gasteiger partial charge < -0.3 is 19.5 Å². The standard InChI is InChI=1S/C31H35FN2O7S/c1-5-39-28(35)27(33-29(36)41-30(2,3)4)18-22-11-9-16-26(17-22)42(37,38)34-20-31(21-34,23-12-7-6-8-13-23)40-25-15-10-14-24(32)19-25/h6-17,19,27H,5,18,20-21H2,1-4H3,(H,33,36)/t27-/m0/s1. The number of rotatable bonds is 10. The van der Waals surface area contributed by atoms with Gasteiger partial charge in [0.1, 0.15) is 23.2 Å². The van der Waals surface area contributed by atoms with Crippen LogP contribution in [0.3, 0.4) is 0 Å². The molecule has 0 aliphatic carbocycles. The van der Waals surface area contributed by atoms with Gasteiger partial charge in [0.05, 0.1) is 24.6 Å². The van der Waals surface area contributed by atoms with Crippen LogP contribution < -0.4 is 10.1 Å². The predicted molar refractivity (Wildman–Crippen MR) is 154 cm³/mol. The Bertz CT molecular complexity index is 1520. The van der Waals surface area contributed by atoms with Crippen molar-refractivity contribution in [2.24, 2.45) is 0 Å². The zero-order chi connectivity index (χ0) is 30.5. The van der Waals surface area contributed by atoms with Crippen molar-refractivity contribution in [3.05, 3.63) is 95.8 Å². The molecule has 0 radical (unpaired) electrons. The van der Waals surface area contributed by atoms with E-state index in [-0.39, 0.29) is 31.0 Å². The van der Waals surface area contributed by atoms with Crippen LogP contribution in [0.5, 0.6) is 5.75 Å². The van der Waals surface area contributed by atoms with Gasteiger partial charge in [-0.1, -0.05) is 48.5 Å². The second kappa shape index (κ2) is 12.5. The van der Waals surface area contributed by atoms with Gasteiger partial charge in [0.2, 0.25) is 10.0 Å². The van der Waals surface area contributed by atoms with Crippen molar-refractivity contribution in [1.29, 1.82) is 0 Å². The van der Waals surface area contributed by atoms with Gasteiger partial charge in [-0.3, -0.25) is 0 Å². The summed E-state index contributed by atoms with van der Waals surface area (Å²) in [4.78, 5) is 25.0. The first kappa shape index (κ1) is 31.0. The molecule has 3 aromatic carbocycles. The SMILES string of the molecule is CCOC(=O)[C@H](Cc1cccc(S(=O)(=O)N2CC(Oc3cccc(F)c3)(c3ccccc3)C2)c1)NC(=O)OC(C)(C)C. The normalized spacial score (nSPS) is 15.6. The van der Waals surface area contributed by atoms with E-state index in [0.29, 0.717) is 11.3 Å². The number of benzene rings is 3. The largest absolute Gasteiger partial charge is 0.480 e. The van der Waals surface area contributed by atoms with Crippen molar-refractivity contribution < 1.29 is 36.6 Å². The van der Waals surface area contributed by atoms with Crippen molar-refractivity contribution >= 4 is 22.1 Å². The summed E-state index contributed by atoms with van der Waals surface area (Å²) in [7, 11) is -3.97. The number of nitrogens with one attached hydrogen (secondary N) is 1. The number of halogens is 1. The maximum atomic E-state index is 13.9. The first-order chi connectivity index (χ1) is 19.8. The summed E-state index contributed by atoms with van der Waals surface area (Å²) in [5, 5.41) is 2.53. The smallest absolute Gasteiger partial charge is 0.408 e. The molecule has 224 valence electrons. The quantitative estimate of drug-likeness (QED) is 0.334. The molecule has 1 fully saturated rings. The molecule has 1 saturated heterocycles. The first-order valence-electron chi connectivity index (χ1n) is 13.6. The zero-order valence-corrected chi connectivity index (χ0v) is 24.8. The topological polar surface area (TPSA) is 111 Å². The van der Waals surface area contributed by atoms with Crippen molar-refractivity contribution in [2.45, 2.75) is 56.3 Å². The summed E-state index contributed by atoms with van der Waals surface area (Å²) in [6, 6.07) is 20.0. The van der Waals surface area contributed by atoms with Crippen molar-refractivity contribution in [2.75, 3.05) is 19.7 Å². The minimum absolute atomic E-state index is 0.00569. The van der Waals surface area contributed by atoms with Gasteiger partial charge in [-0.05, 0) is 63.1 Å². The van der Waals surface area contributed by atoms with Crippen LogP contribution in [0.1, 0.15) is 38.8 Å². The Kier molecular flexibility index (Phi) is 9.22. The summed E-state index contributed by atoms with van der Waals surface area (Å²) in [6.45, 7) is 6.87. The van der Waals surface area contributed by atoms with Gasteiger partial charge in [-0.15, -0.1) is 0 Å². The molecule has 0 unspecified atom stereocenters. The number of sulfonamides is 1. The lowest BCUT2D eigenvalue weighted by molar-refractivity contribution is -0.145. The average Bonchev–Trinajstić information content (AvgIpc) is 2.90. The second-order valence-electron chi connectivity index (χ2n) is 11.0. The number of nitrogens with zero attached hydrogens (tertiary/aromatic N) is 1. The highest BCUT2D eigenvalue weighted by Gasteiger charge is 2.52. The molecule has 1 heterocycles. The van der Waals surface area contributed by atoms with E-state index in [1.54, 1.807) is 45.9 Å². The molecule has 42 heavy (non-hydrogen) atoms. The van der Waals surface area contributed by atoms with Crippen LogP contribution >= 0.6 is 0 Å². The molecule has 0 spiro atoms. The second-order valence-corrected chi connectivity index (χ2v) is 12.9. The summed E-state index contributed by atoms with van der Waals surface area (Å²) >= 11 is 0. The lowest BCUT2D eigenvalue weighted by Crippen LogP contribution is -2.64. The number of hydrogen-bond acceptors (Lipinski definition) is 7. The van der Waals surface area contributed by atoms with E-state index in [0.717, 1.165) is 5.56 Å². The van der Waals surface area contributed by atoms with E-state index in [9.17, 15) is 22.4 Å². The number of carbonyl (C=O) groups excluding carboxylic acids is 2.